The van der Waals surface area contributed by atoms with E-state index in [1.54, 1.807) is 6.26 Å². The van der Waals surface area contributed by atoms with E-state index in [4.69, 9.17) is 24.3 Å². The first-order valence-corrected chi connectivity index (χ1v) is 21.4. The number of esters is 1. The molecular formula is C39H76NO7P. The highest BCUT2D eigenvalue weighted by atomic mass is 31.2. The van der Waals surface area contributed by atoms with Gasteiger partial charge in [0.25, 0.3) is 0 Å². The Kier molecular flexibility index (Phi) is 36.2. The van der Waals surface area contributed by atoms with Gasteiger partial charge in [0.05, 0.1) is 19.5 Å². The quantitative estimate of drug-likeness (QED) is 0.0215. The van der Waals surface area contributed by atoms with Gasteiger partial charge >= 0.3 is 13.8 Å². The first-order valence-electron chi connectivity index (χ1n) is 19.9. The molecule has 0 spiro atoms. The Labute approximate surface area is 296 Å². The summed E-state index contributed by atoms with van der Waals surface area (Å²) in [5.74, 6) is -0.299. The summed E-state index contributed by atoms with van der Waals surface area (Å²) in [6, 6.07) is 0. The minimum atomic E-state index is -4.26. The van der Waals surface area contributed by atoms with Crippen LogP contribution < -0.4 is 5.73 Å². The van der Waals surface area contributed by atoms with Gasteiger partial charge in [0.2, 0.25) is 0 Å². The normalized spacial score (nSPS) is 13.8. The Hall–Kier alpha value is -1.18. The molecule has 0 fully saturated rings. The summed E-state index contributed by atoms with van der Waals surface area (Å²) in [6.07, 6.45) is 40.0. The molecule has 0 amide bonds. The first kappa shape index (κ1) is 46.8. The number of phosphoric ester groups is 1. The van der Waals surface area contributed by atoms with Crippen molar-refractivity contribution in [3.8, 4) is 0 Å². The Bertz CT molecular complexity index is 792. The van der Waals surface area contributed by atoms with Gasteiger partial charge in [-0.25, -0.2) is 4.57 Å². The van der Waals surface area contributed by atoms with Gasteiger partial charge in [-0.3, -0.25) is 13.8 Å². The van der Waals surface area contributed by atoms with Crippen LogP contribution in [0.5, 0.6) is 0 Å². The Morgan fingerprint density at radius 3 is 1.56 bits per heavy atom. The van der Waals surface area contributed by atoms with Gasteiger partial charge in [-0.1, -0.05) is 148 Å². The van der Waals surface area contributed by atoms with E-state index in [0.29, 0.717) is 6.42 Å². The van der Waals surface area contributed by atoms with Crippen LogP contribution >= 0.6 is 7.82 Å². The van der Waals surface area contributed by atoms with Crippen molar-refractivity contribution in [3.05, 3.63) is 24.5 Å². The van der Waals surface area contributed by atoms with E-state index in [1.807, 2.05) is 6.08 Å². The van der Waals surface area contributed by atoms with Crippen LogP contribution in [0.4, 0.5) is 0 Å². The summed E-state index contributed by atoms with van der Waals surface area (Å²) < 4.78 is 33.1. The molecule has 0 bridgehead atoms. The monoisotopic (exact) mass is 702 g/mol. The largest absolute Gasteiger partial charge is 0.492 e. The van der Waals surface area contributed by atoms with E-state index in [-0.39, 0.29) is 32.3 Å². The molecule has 0 heterocycles. The number of nitrogens with two attached hydrogens (primary N) is 1. The summed E-state index contributed by atoms with van der Waals surface area (Å²) in [6.45, 7) is 4.20. The molecule has 0 aromatic rings. The Morgan fingerprint density at radius 1 is 0.625 bits per heavy atom. The topological polar surface area (TPSA) is 117 Å². The van der Waals surface area contributed by atoms with Crippen LogP contribution in [0.25, 0.3) is 0 Å². The van der Waals surface area contributed by atoms with Crippen molar-refractivity contribution in [2.24, 2.45) is 5.73 Å². The minimum Gasteiger partial charge on any atom is -0.492 e. The number of rotatable bonds is 38. The fourth-order valence-corrected chi connectivity index (χ4v) is 6.21. The van der Waals surface area contributed by atoms with Crippen molar-refractivity contribution in [2.75, 3.05) is 26.4 Å². The maximum atomic E-state index is 12.3. The fraction of sp³-hybridized carbons (Fsp3) is 0.872. The molecule has 0 saturated carbocycles. The molecule has 2 atom stereocenters. The highest BCUT2D eigenvalue weighted by Gasteiger charge is 2.24. The molecule has 284 valence electrons. The number of unbranched alkanes of at least 4 members (excludes halogenated alkanes) is 23. The van der Waals surface area contributed by atoms with Crippen LogP contribution in [0.1, 0.15) is 187 Å². The van der Waals surface area contributed by atoms with Gasteiger partial charge in [0.1, 0.15) is 6.61 Å². The van der Waals surface area contributed by atoms with E-state index in [0.717, 1.165) is 38.5 Å². The van der Waals surface area contributed by atoms with E-state index in [9.17, 15) is 14.3 Å². The third-order valence-corrected chi connectivity index (χ3v) is 9.44. The molecule has 0 aromatic heterocycles. The van der Waals surface area contributed by atoms with Gasteiger partial charge < -0.3 is 20.1 Å². The van der Waals surface area contributed by atoms with E-state index < -0.39 is 13.9 Å². The van der Waals surface area contributed by atoms with Gasteiger partial charge in [-0.05, 0) is 51.0 Å². The van der Waals surface area contributed by atoms with Crippen LogP contribution in [0, 0.1) is 0 Å². The second-order valence-electron chi connectivity index (χ2n) is 13.2. The number of hydrogen-bond acceptors (Lipinski definition) is 7. The van der Waals surface area contributed by atoms with Gasteiger partial charge in [0, 0.05) is 13.0 Å². The molecule has 0 radical (unpaired) electrons. The zero-order valence-electron chi connectivity index (χ0n) is 31.2. The van der Waals surface area contributed by atoms with E-state index in [1.165, 1.54) is 128 Å². The van der Waals surface area contributed by atoms with Crippen LogP contribution in [0.2, 0.25) is 0 Å². The zero-order valence-corrected chi connectivity index (χ0v) is 32.1. The third-order valence-electron chi connectivity index (χ3n) is 8.46. The van der Waals surface area contributed by atoms with Gasteiger partial charge in [-0.15, -0.1) is 0 Å². The maximum absolute atomic E-state index is 12.3. The predicted molar refractivity (Wildman–Crippen MR) is 201 cm³/mol. The lowest BCUT2D eigenvalue weighted by molar-refractivity contribution is -0.147. The van der Waals surface area contributed by atoms with Crippen molar-refractivity contribution in [3.63, 3.8) is 0 Å². The molecular weight excluding hydrogens is 625 g/mol. The average Bonchev–Trinajstić information content (AvgIpc) is 3.08. The van der Waals surface area contributed by atoms with E-state index >= 15 is 0 Å². The molecule has 3 N–H and O–H groups in total. The smallest absolute Gasteiger partial charge is 0.472 e. The summed E-state index contributed by atoms with van der Waals surface area (Å²) in [7, 11) is -4.26. The number of allylic oxidation sites excluding steroid dienone is 3. The lowest BCUT2D eigenvalue weighted by atomic mass is 10.0. The second-order valence-corrected chi connectivity index (χ2v) is 14.7. The molecule has 0 aromatic carbocycles. The molecule has 0 rings (SSSR count). The molecule has 0 aliphatic carbocycles. The molecule has 8 nitrogen and oxygen atoms in total. The van der Waals surface area contributed by atoms with Gasteiger partial charge in [-0.2, -0.15) is 0 Å². The molecule has 48 heavy (non-hydrogen) atoms. The lowest BCUT2D eigenvalue weighted by Crippen LogP contribution is -2.25. The number of phosphoric acid groups is 1. The van der Waals surface area contributed by atoms with Crippen LogP contribution in [-0.4, -0.2) is 43.3 Å². The summed E-state index contributed by atoms with van der Waals surface area (Å²) >= 11 is 0. The Balaban J connectivity index is 4.12. The van der Waals surface area contributed by atoms with Crippen LogP contribution in [-0.2, 0) is 27.9 Å². The minimum absolute atomic E-state index is 0.0658. The molecule has 0 aliphatic heterocycles. The Morgan fingerprint density at radius 2 is 1.06 bits per heavy atom. The summed E-state index contributed by atoms with van der Waals surface area (Å²) in [5.41, 5.74) is 5.35. The van der Waals surface area contributed by atoms with Crippen LogP contribution in [0.3, 0.4) is 0 Å². The molecule has 0 saturated heterocycles. The average molecular weight is 702 g/mol. The molecule has 2 unspecified atom stereocenters. The van der Waals surface area contributed by atoms with Crippen molar-refractivity contribution in [2.45, 2.75) is 193 Å². The SMILES string of the molecule is CCCCCCC=CCCCCCCCC(=O)OCC(COP(=O)(O)OCCN)OC=CCCCCCCCCCCCCCCCC. The van der Waals surface area contributed by atoms with E-state index in [2.05, 4.69) is 26.0 Å². The molecule has 9 heteroatoms. The zero-order chi connectivity index (χ0) is 35.2. The predicted octanol–water partition coefficient (Wildman–Crippen LogP) is 11.6. The van der Waals surface area contributed by atoms with Crippen molar-refractivity contribution in [1.29, 1.82) is 0 Å². The van der Waals surface area contributed by atoms with Crippen molar-refractivity contribution in [1.82, 2.24) is 0 Å². The highest BCUT2D eigenvalue weighted by Crippen LogP contribution is 2.43. The second kappa shape index (κ2) is 37.1. The number of ether oxygens (including phenoxy) is 2. The third kappa shape index (κ3) is 36.1. The number of carbonyl (C=O) groups is 1. The van der Waals surface area contributed by atoms with Crippen molar-refractivity contribution < 1.29 is 32.8 Å². The summed E-state index contributed by atoms with van der Waals surface area (Å²) in [4.78, 5) is 22.2. The summed E-state index contributed by atoms with van der Waals surface area (Å²) in [5, 5.41) is 0. The number of hydrogen-bond donors (Lipinski definition) is 2. The first-order chi connectivity index (χ1) is 23.4. The molecule has 0 aliphatic rings. The standard InChI is InChI=1S/C39H76NO7P/c1-3-5-7-9-11-13-15-17-18-19-21-23-25-27-29-31-34-44-38(37-47-48(42,43)46-35-33-40)36-45-39(41)32-30-28-26-24-22-20-16-14-12-10-8-6-4-2/h14,16,31,34,38H,3-13,15,17-30,32-33,35-37,40H2,1-2H3,(H,42,43). The van der Waals surface area contributed by atoms with Gasteiger partial charge in [0.15, 0.2) is 6.10 Å². The highest BCUT2D eigenvalue weighted by molar-refractivity contribution is 7.47. The lowest BCUT2D eigenvalue weighted by Gasteiger charge is -2.19. The maximum Gasteiger partial charge on any atom is 0.472 e. The number of carbonyl (C=O) groups excluding carboxylic acids is 1. The van der Waals surface area contributed by atoms with Crippen LogP contribution in [0.15, 0.2) is 24.5 Å². The van der Waals surface area contributed by atoms with Crippen molar-refractivity contribution >= 4 is 13.8 Å². The fourth-order valence-electron chi connectivity index (χ4n) is 5.45.